The van der Waals surface area contributed by atoms with Gasteiger partial charge in [-0.1, -0.05) is 23.8 Å². The third kappa shape index (κ3) is 5.85. The fraction of sp³-hybridized carbons (Fsp3) is 0.304. The molecule has 1 aliphatic rings. The van der Waals surface area contributed by atoms with Crippen LogP contribution in [0.4, 0.5) is 17.6 Å². The highest BCUT2D eigenvalue weighted by Crippen LogP contribution is 2.35. The Labute approximate surface area is 186 Å². The summed E-state index contributed by atoms with van der Waals surface area (Å²) in [5.74, 6) is -1.52. The van der Waals surface area contributed by atoms with Crippen molar-refractivity contribution >= 4 is 17.3 Å². The summed E-state index contributed by atoms with van der Waals surface area (Å²) in [7, 11) is 0. The summed E-state index contributed by atoms with van der Waals surface area (Å²) >= 11 is 1.23. The molecule has 0 radical (unpaired) electrons. The lowest BCUT2D eigenvalue weighted by Crippen LogP contribution is -2.07. The van der Waals surface area contributed by atoms with Crippen molar-refractivity contribution in [2.24, 2.45) is 0 Å². The van der Waals surface area contributed by atoms with Gasteiger partial charge in [-0.2, -0.15) is 13.2 Å². The number of carboxylic acids is 1. The molecule has 0 unspecified atom stereocenters. The van der Waals surface area contributed by atoms with Crippen LogP contribution in [0.15, 0.2) is 53.3 Å². The number of nitrogens with zero attached hydrogens (tertiary/aromatic N) is 1. The molecule has 4 nitrogen and oxygen atoms in total. The highest BCUT2D eigenvalue weighted by Gasteiger charge is 2.34. The van der Waals surface area contributed by atoms with E-state index >= 15 is 0 Å². The minimum absolute atomic E-state index is 0.0656. The lowest BCUT2D eigenvalue weighted by atomic mass is 10.1. The molecule has 1 aliphatic carbocycles. The monoisotopic (exact) mass is 467 g/mol. The molecule has 0 fully saturated rings. The normalized spacial score (nSPS) is 14.4. The third-order valence-corrected chi connectivity index (χ3v) is 6.12. The van der Waals surface area contributed by atoms with Crippen molar-refractivity contribution in [2.45, 2.75) is 45.9 Å². The van der Waals surface area contributed by atoms with Gasteiger partial charge in [0.25, 0.3) is 0 Å². The molecule has 170 valence electrons. The van der Waals surface area contributed by atoms with Crippen molar-refractivity contribution in [2.75, 3.05) is 0 Å². The van der Waals surface area contributed by atoms with Crippen molar-refractivity contribution in [1.82, 2.24) is 4.98 Å². The molecule has 9 heteroatoms. The van der Waals surface area contributed by atoms with Crippen molar-refractivity contribution < 1.29 is 32.2 Å². The summed E-state index contributed by atoms with van der Waals surface area (Å²) in [5, 5.41) is 9.26. The summed E-state index contributed by atoms with van der Waals surface area (Å²) in [6, 6.07) is 2.77. The lowest BCUT2D eigenvalue weighted by molar-refractivity contribution is -0.140. The smallest absolute Gasteiger partial charge is 0.419 e. The van der Waals surface area contributed by atoms with E-state index in [1.54, 1.807) is 6.92 Å². The number of aryl methyl sites for hydroxylation is 1. The van der Waals surface area contributed by atoms with Gasteiger partial charge in [0.15, 0.2) is 0 Å². The van der Waals surface area contributed by atoms with Crippen molar-refractivity contribution in [1.29, 1.82) is 0 Å². The first-order valence-corrected chi connectivity index (χ1v) is 10.6. The molecule has 1 aromatic carbocycles. The molecular formula is C23H21F4NO3S. The van der Waals surface area contributed by atoms with Gasteiger partial charge in [-0.25, -0.2) is 9.37 Å². The Kier molecular flexibility index (Phi) is 7.18. The molecule has 0 aliphatic heterocycles. The molecule has 1 N–H and O–H groups in total. The third-order valence-electron chi connectivity index (χ3n) is 4.94. The summed E-state index contributed by atoms with van der Waals surface area (Å²) in [4.78, 5) is 15.9. The van der Waals surface area contributed by atoms with Gasteiger partial charge in [-0.15, -0.1) is 11.3 Å². The standard InChI is InChI=1S/C23H21F4NO3S/c1-13-3-4-15(6-10-21(29)30)5-9-19(13)31-12-20-14(2)28-22(32-20)16-7-8-17(18(24)11-16)23(25,26)27/h3-4,7-9,11H,5-6,10,12H2,1-2H3,(H,29,30). The predicted octanol–water partition coefficient (Wildman–Crippen LogP) is 6.82. The number of aliphatic carboxylic acids is 1. The molecule has 0 bridgehead atoms. The van der Waals surface area contributed by atoms with E-state index in [2.05, 4.69) is 4.98 Å². The van der Waals surface area contributed by atoms with Gasteiger partial charge >= 0.3 is 12.1 Å². The minimum Gasteiger partial charge on any atom is -0.488 e. The average molecular weight is 467 g/mol. The zero-order valence-electron chi connectivity index (χ0n) is 17.4. The zero-order chi connectivity index (χ0) is 23.5. The number of alkyl halides is 3. The molecule has 0 spiro atoms. The van der Waals surface area contributed by atoms with Crippen LogP contribution >= 0.6 is 11.3 Å². The number of aromatic nitrogens is 1. The van der Waals surface area contributed by atoms with Gasteiger partial charge in [0.05, 0.1) is 16.1 Å². The molecule has 1 aromatic heterocycles. The van der Waals surface area contributed by atoms with Gasteiger partial charge in [0.1, 0.15) is 23.2 Å². The van der Waals surface area contributed by atoms with Crippen molar-refractivity contribution in [3.63, 3.8) is 0 Å². The number of carbonyl (C=O) groups is 1. The highest BCUT2D eigenvalue weighted by molar-refractivity contribution is 7.15. The van der Waals surface area contributed by atoms with E-state index in [1.807, 2.05) is 25.2 Å². The number of hydrogen-bond donors (Lipinski definition) is 1. The number of benzene rings is 1. The number of carboxylic acid groups (broad SMARTS) is 1. The Hall–Kier alpha value is -2.94. The van der Waals surface area contributed by atoms with E-state index in [1.165, 1.54) is 17.4 Å². The van der Waals surface area contributed by atoms with E-state index < -0.39 is 23.5 Å². The van der Waals surface area contributed by atoms with Gasteiger partial charge in [-0.05, 0) is 50.5 Å². The number of rotatable bonds is 7. The second kappa shape index (κ2) is 9.68. The first-order chi connectivity index (χ1) is 15.0. The molecular weight excluding hydrogens is 446 g/mol. The second-order valence-electron chi connectivity index (χ2n) is 7.35. The molecule has 1 heterocycles. The van der Waals surface area contributed by atoms with Gasteiger partial charge in [0, 0.05) is 12.0 Å². The molecule has 0 saturated heterocycles. The maximum atomic E-state index is 13.9. The number of ether oxygens (including phenoxy) is 1. The Balaban J connectivity index is 1.70. The van der Waals surface area contributed by atoms with Crippen LogP contribution in [0.3, 0.4) is 0 Å². The Morgan fingerprint density at radius 2 is 2.00 bits per heavy atom. The number of halogens is 4. The SMILES string of the molecule is CC1=CC=C(CCC(=O)O)CC=C1OCc1sc(-c2ccc(C(F)(F)F)c(F)c2)nc1C. The van der Waals surface area contributed by atoms with Crippen LogP contribution in [0.5, 0.6) is 0 Å². The summed E-state index contributed by atoms with van der Waals surface area (Å²) in [6.07, 6.45) is 2.04. The zero-order valence-corrected chi connectivity index (χ0v) is 18.2. The van der Waals surface area contributed by atoms with Crippen molar-refractivity contribution in [3.8, 4) is 10.6 Å². The summed E-state index contributed by atoms with van der Waals surface area (Å²) in [5.41, 5.74) is 1.50. The molecule has 2 aromatic rings. The first-order valence-electron chi connectivity index (χ1n) is 9.79. The number of allylic oxidation sites excluding steroid dienone is 5. The number of hydrogen-bond acceptors (Lipinski definition) is 4. The van der Waals surface area contributed by atoms with E-state index in [0.717, 1.165) is 28.2 Å². The van der Waals surface area contributed by atoms with Crippen LogP contribution in [-0.2, 0) is 22.3 Å². The average Bonchev–Trinajstić information content (AvgIpc) is 2.98. The fourth-order valence-corrected chi connectivity index (χ4v) is 4.08. The van der Waals surface area contributed by atoms with Crippen molar-refractivity contribution in [3.05, 3.63) is 75.3 Å². The van der Waals surface area contributed by atoms with Crippen LogP contribution in [0.25, 0.3) is 10.6 Å². The fourth-order valence-electron chi connectivity index (χ4n) is 3.11. The Bertz CT molecular complexity index is 1110. The van der Waals surface area contributed by atoms with Gasteiger partial charge in [-0.3, -0.25) is 4.79 Å². The second-order valence-corrected chi connectivity index (χ2v) is 8.43. The van der Waals surface area contributed by atoms with Crippen LogP contribution in [0.1, 0.15) is 42.3 Å². The van der Waals surface area contributed by atoms with Crippen LogP contribution in [0, 0.1) is 12.7 Å². The van der Waals surface area contributed by atoms with E-state index in [0.29, 0.717) is 29.3 Å². The molecule has 0 atom stereocenters. The van der Waals surface area contributed by atoms with Gasteiger partial charge in [0.2, 0.25) is 0 Å². The van der Waals surface area contributed by atoms with E-state index in [4.69, 9.17) is 9.84 Å². The lowest BCUT2D eigenvalue weighted by Gasteiger charge is -2.10. The summed E-state index contributed by atoms with van der Waals surface area (Å²) in [6.45, 7) is 3.85. The Morgan fingerprint density at radius 1 is 1.25 bits per heavy atom. The van der Waals surface area contributed by atoms with Crippen LogP contribution in [0.2, 0.25) is 0 Å². The Morgan fingerprint density at radius 3 is 2.66 bits per heavy atom. The predicted molar refractivity (Wildman–Crippen MR) is 113 cm³/mol. The molecule has 0 saturated carbocycles. The first kappa shape index (κ1) is 23.7. The van der Waals surface area contributed by atoms with E-state index in [-0.39, 0.29) is 18.6 Å². The molecule has 32 heavy (non-hydrogen) atoms. The summed E-state index contributed by atoms with van der Waals surface area (Å²) < 4.78 is 58.2. The highest BCUT2D eigenvalue weighted by atomic mass is 32.1. The minimum atomic E-state index is -4.75. The van der Waals surface area contributed by atoms with E-state index in [9.17, 15) is 22.4 Å². The quantitative estimate of drug-likeness (QED) is 0.454. The topological polar surface area (TPSA) is 59.4 Å². The number of thiazole rings is 1. The largest absolute Gasteiger partial charge is 0.488 e. The van der Waals surface area contributed by atoms with Crippen LogP contribution < -0.4 is 0 Å². The maximum Gasteiger partial charge on any atom is 0.419 e. The molecule has 3 rings (SSSR count). The molecule has 0 amide bonds. The maximum absolute atomic E-state index is 13.9. The van der Waals surface area contributed by atoms with Crippen LogP contribution in [-0.4, -0.2) is 16.1 Å². The van der Waals surface area contributed by atoms with Gasteiger partial charge < -0.3 is 9.84 Å².